The van der Waals surface area contributed by atoms with E-state index >= 15 is 0 Å². The molecule has 430 valence electrons. The smallest absolute Gasteiger partial charge is 0.398 e. The number of sulfone groups is 1. The van der Waals surface area contributed by atoms with E-state index < -0.39 is 150 Å². The zero-order chi connectivity index (χ0) is 60.2. The van der Waals surface area contributed by atoms with Crippen LogP contribution < -0.4 is 16.0 Å². The highest BCUT2D eigenvalue weighted by Gasteiger charge is 2.30. The predicted octanol–water partition coefficient (Wildman–Crippen LogP) is 8.09. The van der Waals surface area contributed by atoms with Crippen molar-refractivity contribution in [3.05, 3.63) is 108 Å². The number of carbonyl (C=O) groups excluding carboxylic acids is 1. The van der Waals surface area contributed by atoms with Gasteiger partial charge in [0.05, 0.1) is 27.6 Å². The number of carbonyl (C=O) groups is 1. The molecule has 7 rings (SSSR count). The molecular formula is C43H38Cl2N10O20S6. The zero-order valence-corrected chi connectivity index (χ0v) is 47.2. The van der Waals surface area contributed by atoms with E-state index in [1.165, 1.54) is 30.3 Å². The van der Waals surface area contributed by atoms with Crippen molar-refractivity contribution in [2.24, 2.45) is 20.5 Å². The Morgan fingerprint density at radius 2 is 1.30 bits per heavy atom. The summed E-state index contributed by atoms with van der Waals surface area (Å²) in [6.45, 7) is 9.15. The largest absolute Gasteiger partial charge is 0.505 e. The van der Waals surface area contributed by atoms with E-state index in [0.717, 1.165) is 42.5 Å². The molecule has 30 nitrogen and oxygen atoms in total. The predicted molar refractivity (Wildman–Crippen MR) is 292 cm³/mol. The van der Waals surface area contributed by atoms with Gasteiger partial charge in [-0.15, -0.1) is 23.4 Å². The summed E-state index contributed by atoms with van der Waals surface area (Å²) >= 11 is 9.38. The summed E-state index contributed by atoms with van der Waals surface area (Å²) in [6, 6.07) is 14.2. The number of alkyl halides is 1. The van der Waals surface area contributed by atoms with Gasteiger partial charge in [-0.2, -0.15) is 58.9 Å². The molecule has 1 atom stereocenters. The van der Waals surface area contributed by atoms with Crippen molar-refractivity contribution < 1.29 is 87.9 Å². The minimum atomic E-state index is -5.41. The Hall–Kier alpha value is -7.30. The van der Waals surface area contributed by atoms with Crippen molar-refractivity contribution in [3.63, 3.8) is 0 Å². The number of nitrogens with zero attached hydrogens (tertiary/aromatic N) is 7. The van der Waals surface area contributed by atoms with Gasteiger partial charge >= 0.3 is 10.4 Å². The standard InChI is InChI=1S/C41H34Cl2N10O20S6.C2H4/c1-19-11-21-13-30(76(60,61)62)35(52-50-22-5-7-24(8-6-22)75(58,59)18-73-79(69,70)71)37(56)33(21)29(12-19)46-41-48-39(43)47-40(49-41)44-23-4-3-20(2)28(14-23)51-53-34-31(77(63,64)65)15-26-25(36(34)55)9-10-27(38(26)78(66,67)68)45-32(54)16-74(57)72-17-42;1-2/h3-15,55-56H,16-18H2,1-2H3,(H,45,54)(H,60,61,62)(H,63,64,65)(H,66,67,68)(H,69,70,71)(H2,44,46,47,48,49);1-2H2. The molecule has 38 heteroatoms. The molecule has 9 N–H and O–H groups in total. The second-order valence-electron chi connectivity index (χ2n) is 15.9. The van der Waals surface area contributed by atoms with Crippen molar-refractivity contribution >= 4 is 164 Å². The zero-order valence-electron chi connectivity index (χ0n) is 40.8. The number of rotatable bonds is 20. The number of hydrogen-bond acceptors (Lipinski definition) is 25. The number of aryl methyl sites for hydroxylation is 2. The maximum atomic E-state index is 12.7. The van der Waals surface area contributed by atoms with Gasteiger partial charge in [-0.05, 0) is 109 Å². The van der Waals surface area contributed by atoms with Gasteiger partial charge in [0, 0.05) is 21.8 Å². The quantitative estimate of drug-likeness (QED) is 0.0151. The molecule has 1 unspecified atom stereocenters. The Bertz CT molecular complexity index is 4370. The van der Waals surface area contributed by atoms with Crippen LogP contribution in [0.15, 0.2) is 132 Å². The molecule has 0 aliphatic rings. The van der Waals surface area contributed by atoms with Gasteiger partial charge < -0.3 is 26.2 Å². The van der Waals surface area contributed by atoms with E-state index in [9.17, 15) is 75.0 Å². The number of fused-ring (bicyclic) bond motifs is 2. The Kier molecular flexibility index (Phi) is 19.3. The molecule has 0 radical (unpaired) electrons. The minimum Gasteiger partial charge on any atom is -0.505 e. The summed E-state index contributed by atoms with van der Waals surface area (Å²) < 4.78 is 182. The fourth-order valence-electron chi connectivity index (χ4n) is 7.11. The number of phenols is 2. The molecule has 6 aromatic carbocycles. The fraction of sp³-hybridized carbons (Fsp3) is 0.116. The molecule has 7 aromatic rings. The Morgan fingerprint density at radius 1 is 0.691 bits per heavy atom. The van der Waals surface area contributed by atoms with E-state index in [2.05, 4.69) is 72.9 Å². The molecule has 1 heterocycles. The Balaban J connectivity index is 0.00000522. The first kappa shape index (κ1) is 62.9. The summed E-state index contributed by atoms with van der Waals surface area (Å²) in [6.07, 6.45) is 0. The highest BCUT2D eigenvalue weighted by atomic mass is 35.5. The number of hydrogen-bond donors (Lipinski definition) is 9. The van der Waals surface area contributed by atoms with E-state index in [4.69, 9.17) is 27.8 Å². The molecular weight excluding hydrogens is 1240 g/mol. The van der Waals surface area contributed by atoms with Crippen LogP contribution in [0.2, 0.25) is 5.28 Å². The summed E-state index contributed by atoms with van der Waals surface area (Å²) in [5, 5.41) is 44.7. The number of aromatic nitrogens is 3. The maximum absolute atomic E-state index is 12.7. The van der Waals surface area contributed by atoms with Crippen LogP contribution in [-0.4, -0.2) is 113 Å². The summed E-state index contributed by atoms with van der Waals surface area (Å²) in [4.78, 5) is 21.3. The van der Waals surface area contributed by atoms with Crippen LogP contribution in [0.1, 0.15) is 11.1 Å². The summed E-state index contributed by atoms with van der Waals surface area (Å²) in [5.41, 5.74) is -1.51. The first-order valence-electron chi connectivity index (χ1n) is 21.5. The van der Waals surface area contributed by atoms with Crippen molar-refractivity contribution in [1.82, 2.24) is 15.0 Å². The minimum absolute atomic E-state index is 0.00421. The van der Waals surface area contributed by atoms with Gasteiger partial charge in [0.15, 0.2) is 28.5 Å². The third-order valence-electron chi connectivity index (χ3n) is 10.4. The SMILES string of the molecule is C=C.Cc1cc(Nc2nc(Cl)nc(Nc3ccc(C)c(N=Nc4c(S(=O)(=O)O)cc5c(S(=O)(=O)O)c(NC(=O)CS(=O)OCCl)ccc5c4O)c3)n2)c2c(O)c(N=Nc3ccc(S(=O)(=O)COS(=O)(=O)O)cc3)c(S(=O)(=O)O)cc2c1. The molecule has 0 saturated heterocycles. The van der Waals surface area contributed by atoms with Gasteiger partial charge in [0.1, 0.15) is 37.9 Å². The lowest BCUT2D eigenvalue weighted by atomic mass is 10.0. The lowest BCUT2D eigenvalue weighted by molar-refractivity contribution is -0.113. The number of benzene rings is 6. The molecule has 0 spiro atoms. The molecule has 0 aliphatic heterocycles. The van der Waals surface area contributed by atoms with E-state index in [-0.39, 0.29) is 45.4 Å². The van der Waals surface area contributed by atoms with E-state index in [1.54, 1.807) is 13.8 Å². The van der Waals surface area contributed by atoms with Crippen molar-refractivity contribution in [2.75, 3.05) is 33.7 Å². The van der Waals surface area contributed by atoms with Crippen LogP contribution >= 0.6 is 23.2 Å². The second-order valence-corrected chi connectivity index (χ2v) is 24.8. The molecule has 81 heavy (non-hydrogen) atoms. The Morgan fingerprint density at radius 3 is 1.90 bits per heavy atom. The normalized spacial score (nSPS) is 12.8. The van der Waals surface area contributed by atoms with Gasteiger partial charge in [-0.1, -0.05) is 23.7 Å². The van der Waals surface area contributed by atoms with Gasteiger partial charge in [-0.3, -0.25) is 27.2 Å². The number of phenolic OH excluding ortho intramolecular Hbond substituents is 2. The van der Waals surface area contributed by atoms with Gasteiger partial charge in [-0.25, -0.2) is 16.8 Å². The van der Waals surface area contributed by atoms with Gasteiger partial charge in [0.25, 0.3) is 30.4 Å². The first-order valence-corrected chi connectivity index (χ1v) is 31.0. The van der Waals surface area contributed by atoms with Crippen LogP contribution in [0.25, 0.3) is 21.5 Å². The maximum Gasteiger partial charge on any atom is 0.398 e. The number of azo groups is 2. The van der Waals surface area contributed by atoms with Crippen LogP contribution in [0.4, 0.5) is 51.7 Å². The van der Waals surface area contributed by atoms with Crippen molar-refractivity contribution in [3.8, 4) is 11.5 Å². The molecule has 1 amide bonds. The molecule has 0 aliphatic carbocycles. The van der Waals surface area contributed by atoms with Crippen LogP contribution in [-0.2, 0) is 74.8 Å². The van der Waals surface area contributed by atoms with Crippen LogP contribution in [0.5, 0.6) is 11.5 Å². The summed E-state index contributed by atoms with van der Waals surface area (Å²) in [5.74, 6) is -5.85. The van der Waals surface area contributed by atoms with Crippen LogP contribution in [0.3, 0.4) is 0 Å². The lowest BCUT2D eigenvalue weighted by Crippen LogP contribution is -2.21. The molecule has 0 saturated carbocycles. The number of halogens is 2. The first-order chi connectivity index (χ1) is 37.7. The van der Waals surface area contributed by atoms with Crippen molar-refractivity contribution in [2.45, 2.75) is 33.4 Å². The third kappa shape index (κ3) is 15.6. The number of anilines is 5. The van der Waals surface area contributed by atoms with E-state index in [0.29, 0.717) is 17.2 Å². The van der Waals surface area contributed by atoms with Crippen molar-refractivity contribution in [1.29, 1.82) is 0 Å². The Labute approximate surface area is 471 Å². The second kappa shape index (κ2) is 24.8. The number of amides is 1. The highest BCUT2D eigenvalue weighted by Crippen LogP contribution is 2.47. The highest BCUT2D eigenvalue weighted by molar-refractivity contribution is 7.92. The fourth-order valence-corrected chi connectivity index (χ4v) is 11.9. The molecule has 0 fully saturated rings. The van der Waals surface area contributed by atoms with E-state index in [1.807, 2.05) is 0 Å². The van der Waals surface area contributed by atoms with Gasteiger partial charge in [0.2, 0.25) is 32.9 Å². The average Bonchev–Trinajstić information content (AvgIpc) is 3.36. The topological polar surface area (TPSA) is 469 Å². The monoisotopic (exact) mass is 1280 g/mol. The summed E-state index contributed by atoms with van der Waals surface area (Å²) in [7, 11) is -25.4. The molecule has 1 aromatic heterocycles. The number of nitrogens with one attached hydrogen (secondary N) is 3. The lowest BCUT2D eigenvalue weighted by Gasteiger charge is -2.15. The average molecular weight is 1280 g/mol. The number of aromatic hydroxyl groups is 2. The molecule has 0 bridgehead atoms. The third-order valence-corrected chi connectivity index (χ3v) is 16.3. The van der Waals surface area contributed by atoms with Crippen LogP contribution in [0, 0.1) is 13.8 Å².